The van der Waals surface area contributed by atoms with Crippen LogP contribution < -0.4 is 0 Å². The smallest absolute Gasteiger partial charge is 0.242 e. The Kier molecular flexibility index (Phi) is 8.57. The highest BCUT2D eigenvalue weighted by Gasteiger charge is 2.30. The van der Waals surface area contributed by atoms with Gasteiger partial charge < -0.3 is 14.5 Å². The van der Waals surface area contributed by atoms with Crippen molar-refractivity contribution in [2.24, 2.45) is 0 Å². The zero-order valence-electron chi connectivity index (χ0n) is 19.7. The third-order valence-electron chi connectivity index (χ3n) is 6.14. The van der Waals surface area contributed by atoms with E-state index in [1.165, 1.54) is 12.1 Å². The van der Waals surface area contributed by atoms with Crippen LogP contribution in [0.1, 0.15) is 23.1 Å². The number of carbonyl (C=O) groups is 2. The van der Waals surface area contributed by atoms with Gasteiger partial charge in [0, 0.05) is 38.4 Å². The third kappa shape index (κ3) is 7.45. The fourth-order valence-corrected chi connectivity index (χ4v) is 4.20. The molecule has 1 aliphatic rings. The lowest BCUT2D eigenvalue weighted by atomic mass is 10.1. The molecule has 2 aromatic carbocycles. The molecule has 0 unspecified atom stereocenters. The first-order chi connectivity index (χ1) is 17.1. The van der Waals surface area contributed by atoms with E-state index in [-0.39, 0.29) is 36.9 Å². The number of ether oxygens (including phenoxy) is 1. The monoisotopic (exact) mass is 475 g/mol. The Bertz CT molecular complexity index is 1110. The van der Waals surface area contributed by atoms with Gasteiger partial charge in [0.05, 0.1) is 19.3 Å². The SMILES string of the molecule is O=C1CN(C(=O)CCc2ccncc2)C[C@H](OCc2cccc(F)c2)CN1CCc1ccccc1. The van der Waals surface area contributed by atoms with Gasteiger partial charge >= 0.3 is 0 Å². The molecular formula is C28H30FN3O3. The van der Waals surface area contributed by atoms with Crippen molar-refractivity contribution in [3.8, 4) is 0 Å². The average Bonchev–Trinajstić information content (AvgIpc) is 3.04. The number of amides is 2. The van der Waals surface area contributed by atoms with Crippen LogP contribution in [0.2, 0.25) is 0 Å². The highest BCUT2D eigenvalue weighted by atomic mass is 19.1. The lowest BCUT2D eigenvalue weighted by molar-refractivity contribution is -0.138. The van der Waals surface area contributed by atoms with Gasteiger partial charge in [0.1, 0.15) is 5.82 Å². The number of rotatable bonds is 9. The fourth-order valence-electron chi connectivity index (χ4n) is 4.20. The van der Waals surface area contributed by atoms with Gasteiger partial charge in [-0.1, -0.05) is 42.5 Å². The number of nitrogens with zero attached hydrogens (tertiary/aromatic N) is 3. The minimum absolute atomic E-state index is 0.0315. The van der Waals surface area contributed by atoms with E-state index in [1.807, 2.05) is 42.5 Å². The Morgan fingerprint density at radius 3 is 2.46 bits per heavy atom. The van der Waals surface area contributed by atoms with Crippen molar-refractivity contribution >= 4 is 11.8 Å². The molecule has 0 aliphatic carbocycles. The van der Waals surface area contributed by atoms with E-state index in [1.54, 1.807) is 34.3 Å². The zero-order valence-corrected chi connectivity index (χ0v) is 19.7. The molecule has 0 spiro atoms. The molecule has 35 heavy (non-hydrogen) atoms. The standard InChI is InChI=1S/C28H30FN3O3/c29-25-8-4-7-24(17-25)21-35-26-18-31(16-13-22-5-2-1-3-6-22)28(34)20-32(19-26)27(33)10-9-23-11-14-30-15-12-23/h1-8,11-12,14-15,17,26H,9-10,13,16,18-21H2/t26-/m1/s1. The maximum Gasteiger partial charge on any atom is 0.242 e. The number of carbonyl (C=O) groups excluding carboxylic acids is 2. The molecule has 0 bridgehead atoms. The van der Waals surface area contributed by atoms with Crippen LogP contribution >= 0.6 is 0 Å². The minimum atomic E-state index is -0.370. The summed E-state index contributed by atoms with van der Waals surface area (Å²) in [5.41, 5.74) is 2.89. The van der Waals surface area contributed by atoms with Crippen molar-refractivity contribution in [2.45, 2.75) is 32.0 Å². The van der Waals surface area contributed by atoms with E-state index in [9.17, 15) is 14.0 Å². The van der Waals surface area contributed by atoms with Crippen LogP contribution in [-0.4, -0.2) is 58.9 Å². The largest absolute Gasteiger partial charge is 0.370 e. The van der Waals surface area contributed by atoms with Gasteiger partial charge in [-0.3, -0.25) is 14.6 Å². The predicted octanol–water partition coefficient (Wildman–Crippen LogP) is 3.65. The third-order valence-corrected chi connectivity index (χ3v) is 6.14. The molecular weight excluding hydrogens is 445 g/mol. The molecule has 182 valence electrons. The summed E-state index contributed by atoms with van der Waals surface area (Å²) in [5.74, 6) is -0.492. The van der Waals surface area contributed by atoms with Crippen LogP contribution in [0.25, 0.3) is 0 Å². The number of aromatic nitrogens is 1. The van der Waals surface area contributed by atoms with Gasteiger partial charge in [-0.2, -0.15) is 0 Å². The molecule has 3 aromatic rings. The maximum absolute atomic E-state index is 13.6. The van der Waals surface area contributed by atoms with E-state index in [0.29, 0.717) is 38.0 Å². The van der Waals surface area contributed by atoms with Crippen LogP contribution in [0, 0.1) is 5.82 Å². The summed E-state index contributed by atoms with van der Waals surface area (Å²) in [6.07, 6.45) is 4.65. The Morgan fingerprint density at radius 2 is 1.69 bits per heavy atom. The molecule has 7 heteroatoms. The summed E-state index contributed by atoms with van der Waals surface area (Å²) in [6.45, 7) is 1.49. The molecule has 1 atom stereocenters. The molecule has 1 fully saturated rings. The topological polar surface area (TPSA) is 62.7 Å². The first-order valence-electron chi connectivity index (χ1n) is 11.9. The molecule has 0 saturated carbocycles. The lowest BCUT2D eigenvalue weighted by Crippen LogP contribution is -2.40. The summed E-state index contributed by atoms with van der Waals surface area (Å²) in [4.78, 5) is 33.5. The number of hydrogen-bond donors (Lipinski definition) is 0. The van der Waals surface area contributed by atoms with Crippen LogP contribution in [0.5, 0.6) is 0 Å². The number of pyridine rings is 1. The minimum Gasteiger partial charge on any atom is -0.370 e. The maximum atomic E-state index is 13.6. The highest BCUT2D eigenvalue weighted by Crippen LogP contribution is 2.15. The zero-order chi connectivity index (χ0) is 24.5. The summed E-state index contributed by atoms with van der Waals surface area (Å²) in [5, 5.41) is 0. The van der Waals surface area contributed by atoms with Crippen molar-refractivity contribution in [2.75, 3.05) is 26.2 Å². The van der Waals surface area contributed by atoms with Crippen molar-refractivity contribution < 1.29 is 18.7 Å². The quantitative estimate of drug-likeness (QED) is 0.474. The molecule has 1 aromatic heterocycles. The second-order valence-electron chi connectivity index (χ2n) is 8.77. The van der Waals surface area contributed by atoms with Gasteiger partial charge in [-0.15, -0.1) is 0 Å². The van der Waals surface area contributed by atoms with Gasteiger partial charge in [0.15, 0.2) is 0 Å². The Morgan fingerprint density at radius 1 is 0.943 bits per heavy atom. The van der Waals surface area contributed by atoms with Gasteiger partial charge in [0.25, 0.3) is 0 Å². The Labute approximate surface area is 205 Å². The van der Waals surface area contributed by atoms with Crippen LogP contribution in [0.4, 0.5) is 4.39 Å². The van der Waals surface area contributed by atoms with Crippen molar-refractivity contribution in [1.82, 2.24) is 14.8 Å². The first-order valence-corrected chi connectivity index (χ1v) is 11.9. The summed E-state index contributed by atoms with van der Waals surface area (Å²) in [7, 11) is 0. The second kappa shape index (κ2) is 12.2. The second-order valence-corrected chi connectivity index (χ2v) is 8.77. The molecule has 0 radical (unpaired) electrons. The van der Waals surface area contributed by atoms with Crippen LogP contribution in [0.15, 0.2) is 79.1 Å². The summed E-state index contributed by atoms with van der Waals surface area (Å²) < 4.78 is 19.7. The Balaban J connectivity index is 1.43. The number of benzene rings is 2. The Hall–Kier alpha value is -3.58. The van der Waals surface area contributed by atoms with Gasteiger partial charge in [-0.25, -0.2) is 4.39 Å². The normalized spacial score (nSPS) is 16.3. The van der Waals surface area contributed by atoms with E-state index in [4.69, 9.17) is 4.74 Å². The molecule has 6 nitrogen and oxygen atoms in total. The number of hydrogen-bond acceptors (Lipinski definition) is 4. The van der Waals surface area contributed by atoms with Gasteiger partial charge in [0.2, 0.25) is 11.8 Å². The van der Waals surface area contributed by atoms with E-state index >= 15 is 0 Å². The average molecular weight is 476 g/mol. The predicted molar refractivity (Wildman–Crippen MR) is 131 cm³/mol. The molecule has 1 aliphatic heterocycles. The fraction of sp³-hybridized carbons (Fsp3) is 0.321. The summed E-state index contributed by atoms with van der Waals surface area (Å²) >= 11 is 0. The summed E-state index contributed by atoms with van der Waals surface area (Å²) in [6, 6.07) is 20.0. The molecule has 4 rings (SSSR count). The van der Waals surface area contributed by atoms with Crippen LogP contribution in [0.3, 0.4) is 0 Å². The highest BCUT2D eigenvalue weighted by molar-refractivity contribution is 5.85. The molecule has 2 amide bonds. The first kappa shape index (κ1) is 24.5. The van der Waals surface area contributed by atoms with Crippen molar-refractivity contribution in [3.05, 3.63) is 102 Å². The molecule has 1 saturated heterocycles. The van der Waals surface area contributed by atoms with E-state index < -0.39 is 0 Å². The number of halogens is 1. The van der Waals surface area contributed by atoms with E-state index in [0.717, 1.165) is 17.5 Å². The lowest BCUT2D eigenvalue weighted by Gasteiger charge is -2.25. The van der Waals surface area contributed by atoms with E-state index in [2.05, 4.69) is 4.98 Å². The van der Waals surface area contributed by atoms with Crippen LogP contribution in [-0.2, 0) is 33.8 Å². The van der Waals surface area contributed by atoms with Gasteiger partial charge in [-0.05, 0) is 53.8 Å². The molecule has 2 heterocycles. The molecule has 0 N–H and O–H groups in total. The van der Waals surface area contributed by atoms with Crippen molar-refractivity contribution in [1.29, 1.82) is 0 Å². The van der Waals surface area contributed by atoms with Crippen molar-refractivity contribution in [3.63, 3.8) is 0 Å². The number of aryl methyl sites for hydroxylation is 1.